The molecule has 1 N–H and O–H groups in total. The highest BCUT2D eigenvalue weighted by atomic mass is 19.3. The van der Waals surface area contributed by atoms with Crippen LogP contribution in [0.3, 0.4) is 0 Å². The van der Waals surface area contributed by atoms with Gasteiger partial charge >= 0.3 is 6.61 Å². The average Bonchev–Trinajstić information content (AvgIpc) is 2.40. The summed E-state index contributed by atoms with van der Waals surface area (Å²) in [5.74, 6) is 0.147. The van der Waals surface area contributed by atoms with Crippen LogP contribution in [-0.2, 0) is 0 Å². The summed E-state index contributed by atoms with van der Waals surface area (Å²) in [7, 11) is 0. The van der Waals surface area contributed by atoms with E-state index < -0.39 is 6.61 Å². The highest BCUT2D eigenvalue weighted by Gasteiger charge is 2.07. The summed E-state index contributed by atoms with van der Waals surface area (Å²) in [6, 6.07) is 6.51. The Morgan fingerprint density at radius 2 is 1.74 bits per heavy atom. The van der Waals surface area contributed by atoms with Gasteiger partial charge in [0.2, 0.25) is 0 Å². The fourth-order valence-corrected chi connectivity index (χ4v) is 1.64. The lowest BCUT2D eigenvalue weighted by Gasteiger charge is -2.15. The zero-order chi connectivity index (χ0) is 13.7. The quantitative estimate of drug-likeness (QED) is 0.901. The van der Waals surface area contributed by atoms with Crippen molar-refractivity contribution in [2.24, 2.45) is 0 Å². The Kier molecular flexibility index (Phi) is 4.22. The normalized spacial score (nSPS) is 12.2. The highest BCUT2D eigenvalue weighted by molar-refractivity contribution is 5.41. The van der Waals surface area contributed by atoms with E-state index in [0.29, 0.717) is 0 Å². The van der Waals surface area contributed by atoms with Gasteiger partial charge in [-0.1, -0.05) is 12.1 Å². The minimum absolute atomic E-state index is 0.00611. The molecule has 1 aromatic heterocycles. The van der Waals surface area contributed by atoms with Crippen LogP contribution in [0.15, 0.2) is 43.0 Å². The Morgan fingerprint density at radius 3 is 2.32 bits per heavy atom. The maximum absolute atomic E-state index is 12.0. The summed E-state index contributed by atoms with van der Waals surface area (Å²) in [6.07, 6.45) is 4.78. The Balaban J connectivity index is 2.01. The molecule has 0 spiro atoms. The fourth-order valence-electron chi connectivity index (χ4n) is 1.64. The van der Waals surface area contributed by atoms with E-state index >= 15 is 0 Å². The predicted molar refractivity (Wildman–Crippen MR) is 67.1 cm³/mol. The number of rotatable bonds is 5. The maximum Gasteiger partial charge on any atom is 0.387 e. The van der Waals surface area contributed by atoms with Gasteiger partial charge in [-0.05, 0) is 24.6 Å². The molecule has 2 rings (SSSR count). The summed E-state index contributed by atoms with van der Waals surface area (Å²) >= 11 is 0. The summed E-state index contributed by atoms with van der Waals surface area (Å²) in [5, 5.41) is 3.20. The smallest absolute Gasteiger partial charge is 0.387 e. The number of aromatic nitrogens is 2. The van der Waals surface area contributed by atoms with Crippen LogP contribution in [0.2, 0.25) is 0 Å². The van der Waals surface area contributed by atoms with Crippen LogP contribution in [0.1, 0.15) is 18.5 Å². The van der Waals surface area contributed by atoms with Gasteiger partial charge in [-0.3, -0.25) is 0 Å². The first-order chi connectivity index (χ1) is 9.15. The largest absolute Gasteiger partial charge is 0.435 e. The number of nitrogens with zero attached hydrogens (tertiary/aromatic N) is 2. The van der Waals surface area contributed by atoms with Crippen LogP contribution in [0.25, 0.3) is 0 Å². The van der Waals surface area contributed by atoms with Crippen LogP contribution in [0.5, 0.6) is 5.75 Å². The molecule has 19 heavy (non-hydrogen) atoms. The molecule has 4 nitrogen and oxygen atoms in total. The highest BCUT2D eigenvalue weighted by Crippen LogP contribution is 2.21. The standard InChI is InChI=1S/C13H13F2N3O/c1-9(18-11-6-16-8-17-7-11)10-2-4-12(5-3-10)19-13(14)15/h2-9,13,18H,1H3. The van der Waals surface area contributed by atoms with Crippen molar-refractivity contribution in [3.05, 3.63) is 48.5 Å². The molecule has 0 aliphatic rings. The minimum Gasteiger partial charge on any atom is -0.435 e. The third-order valence-corrected chi connectivity index (χ3v) is 2.55. The number of halogens is 2. The van der Waals surface area contributed by atoms with E-state index in [0.717, 1.165) is 11.3 Å². The third kappa shape index (κ3) is 3.87. The minimum atomic E-state index is -2.80. The van der Waals surface area contributed by atoms with Gasteiger partial charge in [-0.2, -0.15) is 8.78 Å². The topological polar surface area (TPSA) is 47.0 Å². The molecule has 2 aromatic rings. The van der Waals surface area contributed by atoms with Crippen molar-refractivity contribution in [1.82, 2.24) is 9.97 Å². The zero-order valence-corrected chi connectivity index (χ0v) is 10.3. The summed E-state index contributed by atoms with van der Waals surface area (Å²) in [4.78, 5) is 7.80. The van der Waals surface area contributed by atoms with Crippen molar-refractivity contribution in [3.63, 3.8) is 0 Å². The summed E-state index contributed by atoms with van der Waals surface area (Å²) in [5.41, 5.74) is 1.74. The van der Waals surface area contributed by atoms with Crippen molar-refractivity contribution < 1.29 is 13.5 Å². The van der Waals surface area contributed by atoms with Crippen LogP contribution in [0.4, 0.5) is 14.5 Å². The first-order valence-corrected chi connectivity index (χ1v) is 5.71. The van der Waals surface area contributed by atoms with Crippen molar-refractivity contribution in [3.8, 4) is 5.75 Å². The predicted octanol–water partition coefficient (Wildman–Crippen LogP) is 3.25. The van der Waals surface area contributed by atoms with E-state index in [1.54, 1.807) is 24.5 Å². The van der Waals surface area contributed by atoms with Crippen molar-refractivity contribution in [2.75, 3.05) is 5.32 Å². The molecule has 0 radical (unpaired) electrons. The van der Waals surface area contributed by atoms with E-state index in [1.165, 1.54) is 18.5 Å². The molecular weight excluding hydrogens is 252 g/mol. The third-order valence-electron chi connectivity index (χ3n) is 2.55. The van der Waals surface area contributed by atoms with Crippen LogP contribution in [0, 0.1) is 0 Å². The number of nitrogens with one attached hydrogen (secondary N) is 1. The van der Waals surface area contributed by atoms with E-state index in [1.807, 2.05) is 6.92 Å². The molecule has 0 saturated carbocycles. The van der Waals surface area contributed by atoms with E-state index in [-0.39, 0.29) is 11.8 Å². The van der Waals surface area contributed by atoms with Crippen LogP contribution < -0.4 is 10.1 Å². The Morgan fingerprint density at radius 1 is 1.11 bits per heavy atom. The average molecular weight is 265 g/mol. The second-order valence-corrected chi connectivity index (χ2v) is 3.94. The molecule has 6 heteroatoms. The molecule has 0 fully saturated rings. The first kappa shape index (κ1) is 13.2. The van der Waals surface area contributed by atoms with Gasteiger partial charge in [0.25, 0.3) is 0 Å². The second-order valence-electron chi connectivity index (χ2n) is 3.94. The molecule has 0 aliphatic carbocycles. The second kappa shape index (κ2) is 6.08. The molecule has 0 saturated heterocycles. The Labute approximate surface area is 109 Å². The van der Waals surface area contributed by atoms with E-state index in [9.17, 15) is 8.78 Å². The molecule has 0 amide bonds. The molecule has 0 bridgehead atoms. The number of alkyl halides is 2. The number of hydrogen-bond donors (Lipinski definition) is 1. The molecule has 1 atom stereocenters. The summed E-state index contributed by atoms with van der Waals surface area (Å²) in [6.45, 7) is -0.849. The first-order valence-electron chi connectivity index (χ1n) is 5.71. The Hall–Kier alpha value is -2.24. The van der Waals surface area contributed by atoms with Crippen molar-refractivity contribution >= 4 is 5.69 Å². The molecule has 1 aromatic carbocycles. The Bertz CT molecular complexity index is 505. The van der Waals surface area contributed by atoms with Crippen molar-refractivity contribution in [1.29, 1.82) is 0 Å². The van der Waals surface area contributed by atoms with Gasteiger partial charge in [-0.15, -0.1) is 0 Å². The monoisotopic (exact) mass is 265 g/mol. The van der Waals surface area contributed by atoms with E-state index in [4.69, 9.17) is 0 Å². The molecule has 0 aliphatic heterocycles. The van der Waals surface area contributed by atoms with Crippen LogP contribution in [-0.4, -0.2) is 16.6 Å². The SMILES string of the molecule is CC(Nc1cncnc1)c1ccc(OC(F)F)cc1. The molecule has 1 unspecified atom stereocenters. The lowest BCUT2D eigenvalue weighted by molar-refractivity contribution is -0.0498. The lowest BCUT2D eigenvalue weighted by Crippen LogP contribution is -2.07. The van der Waals surface area contributed by atoms with Gasteiger partial charge in [0.1, 0.15) is 12.1 Å². The van der Waals surface area contributed by atoms with Crippen LogP contribution >= 0.6 is 0 Å². The molecule has 100 valence electrons. The van der Waals surface area contributed by atoms with Crippen molar-refractivity contribution in [2.45, 2.75) is 19.6 Å². The zero-order valence-electron chi connectivity index (χ0n) is 10.3. The molecular formula is C13H13F2N3O. The van der Waals surface area contributed by atoms with Gasteiger partial charge in [-0.25, -0.2) is 9.97 Å². The molecule has 1 heterocycles. The number of ether oxygens (including phenoxy) is 1. The van der Waals surface area contributed by atoms with E-state index in [2.05, 4.69) is 20.0 Å². The number of anilines is 1. The fraction of sp³-hybridized carbons (Fsp3) is 0.231. The number of hydrogen-bond acceptors (Lipinski definition) is 4. The van der Waals surface area contributed by atoms with Gasteiger partial charge in [0.15, 0.2) is 0 Å². The van der Waals surface area contributed by atoms with Gasteiger partial charge in [0.05, 0.1) is 18.1 Å². The van der Waals surface area contributed by atoms with Gasteiger partial charge in [0, 0.05) is 6.04 Å². The lowest BCUT2D eigenvalue weighted by atomic mass is 10.1. The van der Waals surface area contributed by atoms with Gasteiger partial charge < -0.3 is 10.1 Å². The summed E-state index contributed by atoms with van der Waals surface area (Å²) < 4.78 is 28.3. The maximum atomic E-state index is 12.0. The number of benzene rings is 1.